The monoisotopic (exact) mass is 353 g/mol. The molecule has 1 fully saturated rings. The highest BCUT2D eigenvalue weighted by atomic mass is 35.5. The number of hydrogen-bond acceptors (Lipinski definition) is 4. The Morgan fingerprint density at radius 1 is 1.38 bits per heavy atom. The van der Waals surface area contributed by atoms with Crippen molar-refractivity contribution >= 4 is 23.3 Å². The lowest BCUT2D eigenvalue weighted by atomic mass is 9.85. The van der Waals surface area contributed by atoms with Gasteiger partial charge in [0.05, 0.1) is 6.61 Å². The van der Waals surface area contributed by atoms with E-state index in [-0.39, 0.29) is 18.6 Å². The first-order valence-electron chi connectivity index (χ1n) is 8.65. The van der Waals surface area contributed by atoms with E-state index in [0.29, 0.717) is 18.4 Å². The molecule has 1 aromatic rings. The molecule has 1 aliphatic rings. The zero-order valence-corrected chi connectivity index (χ0v) is 15.4. The van der Waals surface area contributed by atoms with Crippen molar-refractivity contribution in [1.82, 2.24) is 10.3 Å². The number of carbonyl (C=O) groups excluding carboxylic acids is 1. The van der Waals surface area contributed by atoms with Crippen LogP contribution in [0, 0.1) is 12.8 Å². The third-order valence-electron chi connectivity index (χ3n) is 4.49. The number of aromatic nitrogens is 1. The summed E-state index contributed by atoms with van der Waals surface area (Å²) >= 11 is 5.52. The van der Waals surface area contributed by atoms with Crippen molar-refractivity contribution in [2.24, 2.45) is 5.92 Å². The topological polar surface area (TPSA) is 54.5 Å². The van der Waals surface area contributed by atoms with Crippen LogP contribution in [0.2, 0.25) is 0 Å². The van der Waals surface area contributed by atoms with Gasteiger partial charge in [0.2, 0.25) is 5.91 Å². The van der Waals surface area contributed by atoms with Gasteiger partial charge in [-0.2, -0.15) is 0 Å². The fourth-order valence-corrected chi connectivity index (χ4v) is 3.25. The van der Waals surface area contributed by atoms with Crippen LogP contribution >= 0.6 is 11.6 Å². The summed E-state index contributed by atoms with van der Waals surface area (Å²) in [4.78, 5) is 18.5. The molecule has 0 saturated heterocycles. The number of halogens is 1. The van der Waals surface area contributed by atoms with E-state index in [1.165, 1.54) is 5.56 Å². The van der Waals surface area contributed by atoms with Crippen molar-refractivity contribution in [3.05, 3.63) is 23.9 Å². The van der Waals surface area contributed by atoms with Gasteiger partial charge in [-0.05, 0) is 50.2 Å². The summed E-state index contributed by atoms with van der Waals surface area (Å²) in [6, 6.07) is 4.44. The normalized spacial score (nSPS) is 20.6. The summed E-state index contributed by atoms with van der Waals surface area (Å²) in [5, 5.41) is 3.06. The minimum absolute atomic E-state index is 0.0375. The van der Waals surface area contributed by atoms with E-state index in [1.807, 2.05) is 13.1 Å². The summed E-state index contributed by atoms with van der Waals surface area (Å²) in [6.45, 7) is 3.58. The van der Waals surface area contributed by atoms with Crippen LogP contribution < -0.4 is 10.2 Å². The van der Waals surface area contributed by atoms with Gasteiger partial charge in [-0.3, -0.25) is 4.79 Å². The average Bonchev–Trinajstić information content (AvgIpc) is 2.57. The van der Waals surface area contributed by atoms with Gasteiger partial charge < -0.3 is 15.0 Å². The number of anilines is 1. The second kappa shape index (κ2) is 9.84. The lowest BCUT2D eigenvalue weighted by Crippen LogP contribution is -2.41. The molecule has 0 unspecified atom stereocenters. The Hall–Kier alpha value is -1.33. The zero-order chi connectivity index (χ0) is 17.4. The maximum atomic E-state index is 11.8. The summed E-state index contributed by atoms with van der Waals surface area (Å²) in [5.74, 6) is 2.05. The van der Waals surface area contributed by atoms with Gasteiger partial charge in [0.25, 0.3) is 0 Å². The molecule has 1 N–H and O–H groups in total. The Morgan fingerprint density at radius 3 is 2.75 bits per heavy atom. The SMILES string of the molecule is Cc1ccc(N(C)CC2CCC(NC(=O)COCCCl)CC2)nc1. The van der Waals surface area contributed by atoms with Crippen LogP contribution in [-0.4, -0.2) is 49.6 Å². The third kappa shape index (κ3) is 6.29. The molecule has 5 nitrogen and oxygen atoms in total. The molecule has 2 rings (SSSR count). The van der Waals surface area contributed by atoms with Crippen LogP contribution in [0.5, 0.6) is 0 Å². The Morgan fingerprint density at radius 2 is 2.12 bits per heavy atom. The Bertz CT molecular complexity index is 501. The van der Waals surface area contributed by atoms with Gasteiger partial charge in [-0.1, -0.05) is 6.07 Å². The predicted molar refractivity (Wildman–Crippen MR) is 97.7 cm³/mol. The highest BCUT2D eigenvalue weighted by Gasteiger charge is 2.23. The molecule has 134 valence electrons. The first-order valence-corrected chi connectivity index (χ1v) is 9.18. The summed E-state index contributed by atoms with van der Waals surface area (Å²) in [5.41, 5.74) is 1.18. The molecule has 0 radical (unpaired) electrons. The highest BCUT2D eigenvalue weighted by molar-refractivity contribution is 6.17. The van der Waals surface area contributed by atoms with Crippen molar-refractivity contribution in [1.29, 1.82) is 0 Å². The van der Waals surface area contributed by atoms with Crippen LogP contribution in [0.3, 0.4) is 0 Å². The van der Waals surface area contributed by atoms with E-state index in [4.69, 9.17) is 16.3 Å². The van der Waals surface area contributed by atoms with Gasteiger partial charge in [-0.25, -0.2) is 4.98 Å². The zero-order valence-electron chi connectivity index (χ0n) is 14.6. The Labute approximate surface area is 149 Å². The van der Waals surface area contributed by atoms with E-state index in [9.17, 15) is 4.79 Å². The smallest absolute Gasteiger partial charge is 0.246 e. The van der Waals surface area contributed by atoms with Gasteiger partial charge >= 0.3 is 0 Å². The quantitative estimate of drug-likeness (QED) is 0.576. The number of nitrogens with zero attached hydrogens (tertiary/aromatic N) is 2. The van der Waals surface area contributed by atoms with Crippen molar-refractivity contribution in [3.63, 3.8) is 0 Å². The molecular formula is C18H28ClN3O2. The minimum atomic E-state index is -0.0375. The van der Waals surface area contributed by atoms with Gasteiger partial charge in [0.15, 0.2) is 0 Å². The number of pyridine rings is 1. The van der Waals surface area contributed by atoms with Crippen molar-refractivity contribution in [3.8, 4) is 0 Å². The van der Waals surface area contributed by atoms with Gasteiger partial charge in [0, 0.05) is 31.7 Å². The fraction of sp³-hybridized carbons (Fsp3) is 0.667. The summed E-state index contributed by atoms with van der Waals surface area (Å²) in [6.07, 6.45) is 6.22. The minimum Gasteiger partial charge on any atom is -0.370 e. The number of carbonyl (C=O) groups is 1. The molecular weight excluding hydrogens is 326 g/mol. The standard InChI is InChI=1S/C18H28ClN3O2/c1-14-3-8-17(20-11-14)22(2)12-15-4-6-16(7-5-15)21-18(23)13-24-10-9-19/h3,8,11,15-16H,4-7,9-10,12-13H2,1-2H3,(H,21,23). The highest BCUT2D eigenvalue weighted by Crippen LogP contribution is 2.26. The van der Waals surface area contributed by atoms with Crippen LogP contribution in [0.25, 0.3) is 0 Å². The largest absolute Gasteiger partial charge is 0.370 e. The molecule has 1 aromatic heterocycles. The van der Waals surface area contributed by atoms with Gasteiger partial charge in [0.1, 0.15) is 12.4 Å². The third-order valence-corrected chi connectivity index (χ3v) is 4.64. The Kier molecular flexibility index (Phi) is 7.79. The Balaban J connectivity index is 1.68. The van der Waals surface area contributed by atoms with Crippen molar-refractivity contribution < 1.29 is 9.53 Å². The lowest BCUT2D eigenvalue weighted by molar-refractivity contribution is -0.126. The van der Waals surface area contributed by atoms with Gasteiger partial charge in [-0.15, -0.1) is 11.6 Å². The first-order chi connectivity index (χ1) is 11.6. The lowest BCUT2D eigenvalue weighted by Gasteiger charge is -2.32. The predicted octanol–water partition coefficient (Wildman–Crippen LogP) is 2.76. The molecule has 0 spiro atoms. The van der Waals surface area contributed by atoms with E-state index in [0.717, 1.165) is 38.0 Å². The van der Waals surface area contributed by atoms with Crippen LogP contribution in [-0.2, 0) is 9.53 Å². The molecule has 6 heteroatoms. The van der Waals surface area contributed by atoms with Crippen LogP contribution in [0.1, 0.15) is 31.2 Å². The van der Waals surface area contributed by atoms with Crippen LogP contribution in [0.15, 0.2) is 18.3 Å². The molecule has 1 heterocycles. The maximum absolute atomic E-state index is 11.8. The molecule has 1 amide bonds. The average molecular weight is 354 g/mol. The number of hydrogen-bond donors (Lipinski definition) is 1. The van der Waals surface area contributed by atoms with Crippen molar-refractivity contribution in [2.75, 3.05) is 37.6 Å². The van der Waals surface area contributed by atoms with E-state index in [1.54, 1.807) is 0 Å². The number of rotatable bonds is 8. The summed E-state index contributed by atoms with van der Waals surface area (Å²) < 4.78 is 5.16. The molecule has 1 saturated carbocycles. The molecule has 0 atom stereocenters. The van der Waals surface area contributed by atoms with E-state index >= 15 is 0 Å². The fourth-order valence-electron chi connectivity index (χ4n) is 3.14. The van der Waals surface area contributed by atoms with Crippen LogP contribution in [0.4, 0.5) is 5.82 Å². The summed E-state index contributed by atoms with van der Waals surface area (Å²) in [7, 11) is 2.10. The van der Waals surface area contributed by atoms with Crippen molar-refractivity contribution in [2.45, 2.75) is 38.6 Å². The second-order valence-electron chi connectivity index (χ2n) is 6.60. The number of alkyl halides is 1. The molecule has 1 aliphatic carbocycles. The molecule has 0 aliphatic heterocycles. The number of ether oxygens (including phenoxy) is 1. The first kappa shape index (κ1) is 19.0. The van der Waals surface area contributed by atoms with E-state index < -0.39 is 0 Å². The number of nitrogens with one attached hydrogen (secondary N) is 1. The second-order valence-corrected chi connectivity index (χ2v) is 6.98. The molecule has 24 heavy (non-hydrogen) atoms. The number of aryl methyl sites for hydroxylation is 1. The maximum Gasteiger partial charge on any atom is 0.246 e. The molecule has 0 bridgehead atoms. The number of amides is 1. The molecule has 0 aromatic carbocycles. The van der Waals surface area contributed by atoms with E-state index in [2.05, 4.69) is 34.4 Å².